The fraction of sp³-hybridized carbons (Fsp3) is 0.389. The molecule has 1 fully saturated rings. The molecule has 0 saturated carbocycles. The summed E-state index contributed by atoms with van der Waals surface area (Å²) in [5.41, 5.74) is 1.16. The maximum Gasteiger partial charge on any atom is 0.338 e. The summed E-state index contributed by atoms with van der Waals surface area (Å²) in [6.45, 7) is 2.17. The van der Waals surface area contributed by atoms with Crippen LogP contribution in [0.3, 0.4) is 0 Å². The summed E-state index contributed by atoms with van der Waals surface area (Å²) in [6, 6.07) is 6.69. The van der Waals surface area contributed by atoms with E-state index in [9.17, 15) is 14.4 Å². The molecule has 1 aromatic carbocycles. The van der Waals surface area contributed by atoms with Crippen molar-refractivity contribution in [3.63, 3.8) is 0 Å². The zero-order valence-corrected chi connectivity index (χ0v) is 14.6. The Morgan fingerprint density at radius 2 is 1.92 bits per heavy atom. The maximum absolute atomic E-state index is 12.5. The number of allylic oxidation sites excluding steroid dienone is 2. The Bertz CT molecular complexity index is 729. The topological polar surface area (TPSA) is 75.7 Å². The van der Waals surface area contributed by atoms with Crippen LogP contribution in [0, 0.1) is 11.8 Å². The second-order valence-electron chi connectivity index (χ2n) is 6.04. The lowest BCUT2D eigenvalue weighted by Crippen LogP contribution is -2.35. The number of carbonyl (C=O) groups is 3. The van der Waals surface area contributed by atoms with Gasteiger partial charge in [0.2, 0.25) is 11.8 Å². The summed E-state index contributed by atoms with van der Waals surface area (Å²) in [5.74, 6) is -1.38. The molecule has 1 heterocycles. The lowest BCUT2D eigenvalue weighted by atomic mass is 9.85. The zero-order chi connectivity index (χ0) is 18.0. The van der Waals surface area contributed by atoms with E-state index in [4.69, 9.17) is 16.3 Å². The summed E-state index contributed by atoms with van der Waals surface area (Å²) < 4.78 is 4.93. The largest absolute Gasteiger partial charge is 0.462 e. The van der Waals surface area contributed by atoms with E-state index in [0.29, 0.717) is 35.7 Å². The van der Waals surface area contributed by atoms with Crippen LogP contribution in [0.4, 0.5) is 5.69 Å². The van der Waals surface area contributed by atoms with Gasteiger partial charge in [0, 0.05) is 10.7 Å². The lowest BCUT2D eigenvalue weighted by molar-refractivity contribution is -0.139. The zero-order valence-electron chi connectivity index (χ0n) is 13.8. The molecule has 2 amide bonds. The molecular weight excluding hydrogens is 344 g/mol. The highest BCUT2D eigenvalue weighted by atomic mass is 35.5. The highest BCUT2D eigenvalue weighted by Gasteiger charge is 2.48. The molecule has 0 radical (unpaired) electrons. The van der Waals surface area contributed by atoms with Crippen molar-refractivity contribution in [1.82, 2.24) is 4.90 Å². The normalized spacial score (nSPS) is 22.5. The quantitative estimate of drug-likeness (QED) is 0.644. The number of fused-ring (bicyclic) bond motifs is 1. The number of nitrogens with zero attached hydrogens (tertiary/aromatic N) is 1. The van der Waals surface area contributed by atoms with Gasteiger partial charge < -0.3 is 10.1 Å². The number of rotatable bonds is 5. The number of halogens is 1. The number of benzene rings is 1. The number of carbonyl (C=O) groups excluding carboxylic acids is 3. The van der Waals surface area contributed by atoms with E-state index in [0.717, 1.165) is 0 Å². The van der Waals surface area contributed by atoms with Crippen LogP contribution >= 0.6 is 11.6 Å². The number of likely N-dealkylation sites (tertiary alicyclic amines) is 1. The van der Waals surface area contributed by atoms with Gasteiger partial charge in [0.25, 0.3) is 0 Å². The van der Waals surface area contributed by atoms with Crippen molar-refractivity contribution in [3.8, 4) is 0 Å². The van der Waals surface area contributed by atoms with Gasteiger partial charge in [0.1, 0.15) is 0 Å². The van der Waals surface area contributed by atoms with Crippen molar-refractivity contribution in [1.29, 1.82) is 0 Å². The van der Waals surface area contributed by atoms with Gasteiger partial charge >= 0.3 is 5.97 Å². The molecule has 2 atom stereocenters. The molecule has 1 aliphatic carbocycles. The molecule has 132 valence electrons. The number of esters is 1. The summed E-state index contributed by atoms with van der Waals surface area (Å²) in [7, 11) is 0. The van der Waals surface area contributed by atoms with Crippen LogP contribution in [0.15, 0.2) is 35.4 Å². The van der Waals surface area contributed by atoms with Crippen LogP contribution < -0.4 is 5.32 Å². The molecule has 0 aromatic heterocycles. The van der Waals surface area contributed by atoms with Gasteiger partial charge in [-0.05, 0) is 44.0 Å². The van der Waals surface area contributed by atoms with E-state index < -0.39 is 0 Å². The molecule has 0 unspecified atom stereocenters. The molecule has 3 rings (SSSR count). The first-order valence-corrected chi connectivity index (χ1v) is 8.60. The standard InChI is InChI=1S/C18H19ClN2O4/c1-2-25-18(24)11-3-6-13(7-4-11)20-10-21-16(22)14-8-5-12(19)9-15(14)17(21)23/h3-7,14-15,20H,2,8-10H2,1H3/t14-,15-/m0/s1. The third-order valence-electron chi connectivity index (χ3n) is 4.50. The van der Waals surface area contributed by atoms with Crippen molar-refractivity contribution >= 4 is 35.1 Å². The smallest absolute Gasteiger partial charge is 0.338 e. The van der Waals surface area contributed by atoms with Gasteiger partial charge in [-0.1, -0.05) is 17.7 Å². The molecule has 0 bridgehead atoms. The first kappa shape index (κ1) is 17.5. The minimum absolute atomic E-state index is 0.0983. The van der Waals surface area contributed by atoms with E-state index in [1.165, 1.54) is 4.90 Å². The molecule has 1 saturated heterocycles. The average Bonchev–Trinajstić information content (AvgIpc) is 2.84. The molecule has 6 nitrogen and oxygen atoms in total. The third kappa shape index (κ3) is 3.54. The molecule has 1 N–H and O–H groups in total. The van der Waals surface area contributed by atoms with Crippen molar-refractivity contribution in [2.45, 2.75) is 19.8 Å². The van der Waals surface area contributed by atoms with Crippen LogP contribution in [0.5, 0.6) is 0 Å². The molecule has 0 spiro atoms. The Morgan fingerprint density at radius 1 is 1.24 bits per heavy atom. The Kier molecular flexibility index (Phi) is 5.08. The molecule has 1 aromatic rings. The van der Waals surface area contributed by atoms with Crippen LogP contribution in [-0.2, 0) is 14.3 Å². The highest BCUT2D eigenvalue weighted by molar-refractivity contribution is 6.30. The van der Waals surface area contributed by atoms with Gasteiger partial charge in [0.05, 0.1) is 30.7 Å². The summed E-state index contributed by atoms with van der Waals surface area (Å²) in [5, 5.41) is 3.69. The van der Waals surface area contributed by atoms with Crippen LogP contribution in [0.25, 0.3) is 0 Å². The predicted octanol–water partition coefficient (Wildman–Crippen LogP) is 2.75. The predicted molar refractivity (Wildman–Crippen MR) is 92.9 cm³/mol. The number of amides is 2. The molecule has 7 heteroatoms. The molecule has 2 aliphatic rings. The van der Waals surface area contributed by atoms with Gasteiger partial charge in [-0.25, -0.2) is 4.79 Å². The summed E-state index contributed by atoms with van der Waals surface area (Å²) >= 11 is 6.01. The van der Waals surface area contributed by atoms with Crippen LogP contribution in [-0.4, -0.2) is 36.0 Å². The SMILES string of the molecule is CCOC(=O)c1ccc(NCN2C(=O)[C@H]3CC=C(Cl)C[C@@H]3C2=O)cc1. The van der Waals surface area contributed by atoms with Crippen LogP contribution in [0.2, 0.25) is 0 Å². The second kappa shape index (κ2) is 7.27. The lowest BCUT2D eigenvalue weighted by Gasteiger charge is -2.17. The van der Waals surface area contributed by atoms with Crippen molar-refractivity contribution < 1.29 is 19.1 Å². The van der Waals surface area contributed by atoms with E-state index in [1.807, 2.05) is 6.08 Å². The first-order chi connectivity index (χ1) is 12.0. The Morgan fingerprint density at radius 3 is 2.60 bits per heavy atom. The fourth-order valence-electron chi connectivity index (χ4n) is 3.16. The minimum Gasteiger partial charge on any atom is -0.462 e. The van der Waals surface area contributed by atoms with Crippen molar-refractivity contribution in [2.75, 3.05) is 18.6 Å². The van der Waals surface area contributed by atoms with Crippen molar-refractivity contribution in [2.24, 2.45) is 11.8 Å². The first-order valence-electron chi connectivity index (χ1n) is 8.22. The number of imide groups is 1. The number of ether oxygens (including phenoxy) is 1. The highest BCUT2D eigenvalue weighted by Crippen LogP contribution is 2.38. The monoisotopic (exact) mass is 362 g/mol. The van der Waals surface area contributed by atoms with Crippen molar-refractivity contribution in [3.05, 3.63) is 40.9 Å². The Labute approximate surface area is 150 Å². The van der Waals surface area contributed by atoms with Gasteiger partial charge in [-0.3, -0.25) is 14.5 Å². The second-order valence-corrected chi connectivity index (χ2v) is 6.53. The van der Waals surface area contributed by atoms with Crippen LogP contribution in [0.1, 0.15) is 30.1 Å². The summed E-state index contributed by atoms with van der Waals surface area (Å²) in [4.78, 5) is 37.7. The number of anilines is 1. The fourth-order valence-corrected chi connectivity index (χ4v) is 3.42. The maximum atomic E-state index is 12.5. The van der Waals surface area contributed by atoms with E-state index in [1.54, 1.807) is 31.2 Å². The van der Waals surface area contributed by atoms with Gasteiger partial charge in [-0.15, -0.1) is 0 Å². The summed E-state index contributed by atoms with van der Waals surface area (Å²) in [6.07, 6.45) is 2.76. The third-order valence-corrected chi connectivity index (χ3v) is 4.81. The molecular formula is C18H19ClN2O4. The van der Waals surface area contributed by atoms with Gasteiger partial charge in [-0.2, -0.15) is 0 Å². The number of nitrogens with one attached hydrogen (secondary N) is 1. The minimum atomic E-state index is -0.382. The molecule has 25 heavy (non-hydrogen) atoms. The number of hydrogen-bond acceptors (Lipinski definition) is 5. The Hall–Kier alpha value is -2.34. The van der Waals surface area contributed by atoms with E-state index >= 15 is 0 Å². The average molecular weight is 363 g/mol. The van der Waals surface area contributed by atoms with Gasteiger partial charge in [0.15, 0.2) is 0 Å². The Balaban J connectivity index is 1.61. The van der Waals surface area contributed by atoms with E-state index in [-0.39, 0.29) is 36.3 Å². The molecule has 1 aliphatic heterocycles. The van der Waals surface area contributed by atoms with E-state index in [2.05, 4.69) is 5.32 Å². The number of hydrogen-bond donors (Lipinski definition) is 1.